The van der Waals surface area contributed by atoms with Crippen molar-refractivity contribution in [3.8, 4) is 5.75 Å². The largest absolute Gasteiger partial charge is 0.497 e. The monoisotopic (exact) mass is 231 g/mol. The molecule has 3 fully saturated rings. The molecule has 4 rings (SSSR count). The predicted octanol–water partition coefficient (Wildman–Crippen LogP) is 2.25. The molecule has 2 unspecified atom stereocenters. The van der Waals surface area contributed by atoms with E-state index in [0.29, 0.717) is 11.8 Å². The SMILES string of the molecule is COc1cccc(N2CC3CCC2CC3=O)c1. The van der Waals surface area contributed by atoms with Gasteiger partial charge in [0.1, 0.15) is 11.5 Å². The third kappa shape index (κ3) is 1.79. The van der Waals surface area contributed by atoms with Crippen LogP contribution in [0.15, 0.2) is 24.3 Å². The number of fused-ring (bicyclic) bond motifs is 3. The molecule has 0 radical (unpaired) electrons. The fraction of sp³-hybridized carbons (Fsp3) is 0.500. The first-order valence-electron chi connectivity index (χ1n) is 6.21. The standard InChI is InChI=1S/C14H17NO2/c1-17-13-4-2-3-11(7-13)15-9-10-5-6-12(15)8-14(10)16/h2-4,7,10,12H,5-6,8-9H2,1H3. The number of Topliss-reactive ketones (excluding diaryl/α,β-unsaturated/α-hetero) is 1. The lowest BCUT2D eigenvalue weighted by atomic mass is 9.78. The zero-order valence-electron chi connectivity index (χ0n) is 10.1. The van der Waals surface area contributed by atoms with Crippen molar-refractivity contribution in [1.29, 1.82) is 0 Å². The minimum atomic E-state index is 0.256. The third-order valence-electron chi connectivity index (χ3n) is 3.98. The summed E-state index contributed by atoms with van der Waals surface area (Å²) in [4.78, 5) is 14.1. The van der Waals surface area contributed by atoms with Crippen LogP contribution in [0.2, 0.25) is 0 Å². The third-order valence-corrected chi connectivity index (χ3v) is 3.98. The number of carbonyl (C=O) groups is 1. The minimum absolute atomic E-state index is 0.256. The highest BCUT2D eigenvalue weighted by Gasteiger charge is 2.39. The fourth-order valence-electron chi connectivity index (χ4n) is 3.01. The number of nitrogens with zero attached hydrogens (tertiary/aromatic N) is 1. The quantitative estimate of drug-likeness (QED) is 0.782. The molecule has 3 heteroatoms. The fourth-order valence-corrected chi connectivity index (χ4v) is 3.01. The van der Waals surface area contributed by atoms with Gasteiger partial charge in [-0.1, -0.05) is 6.07 Å². The molecule has 17 heavy (non-hydrogen) atoms. The smallest absolute Gasteiger partial charge is 0.139 e. The Morgan fingerprint density at radius 1 is 1.35 bits per heavy atom. The lowest BCUT2D eigenvalue weighted by Crippen LogP contribution is -2.52. The lowest BCUT2D eigenvalue weighted by Gasteiger charge is -2.45. The van der Waals surface area contributed by atoms with E-state index in [4.69, 9.17) is 4.74 Å². The topological polar surface area (TPSA) is 29.5 Å². The average Bonchev–Trinajstić information content (AvgIpc) is 2.39. The summed E-state index contributed by atoms with van der Waals surface area (Å²) in [6, 6.07) is 8.54. The van der Waals surface area contributed by atoms with Crippen LogP contribution < -0.4 is 9.64 Å². The number of hydrogen-bond acceptors (Lipinski definition) is 3. The van der Waals surface area contributed by atoms with Gasteiger partial charge in [-0.3, -0.25) is 4.79 Å². The minimum Gasteiger partial charge on any atom is -0.497 e. The van der Waals surface area contributed by atoms with Gasteiger partial charge >= 0.3 is 0 Å². The predicted molar refractivity (Wildman–Crippen MR) is 66.5 cm³/mol. The molecular weight excluding hydrogens is 214 g/mol. The van der Waals surface area contributed by atoms with Gasteiger partial charge in [0.15, 0.2) is 0 Å². The van der Waals surface area contributed by atoms with Crippen molar-refractivity contribution in [3.63, 3.8) is 0 Å². The molecule has 0 amide bonds. The maximum absolute atomic E-state index is 11.7. The Kier molecular flexibility index (Phi) is 2.54. The highest BCUT2D eigenvalue weighted by atomic mass is 16.5. The summed E-state index contributed by atoms with van der Waals surface area (Å²) in [7, 11) is 1.69. The Balaban J connectivity index is 1.87. The van der Waals surface area contributed by atoms with Gasteiger partial charge in [0.05, 0.1) is 7.11 Å². The molecule has 0 spiro atoms. The Bertz CT molecular complexity index is 444. The number of piperidine rings is 2. The zero-order chi connectivity index (χ0) is 11.8. The van der Waals surface area contributed by atoms with E-state index in [1.165, 1.54) is 5.69 Å². The summed E-state index contributed by atoms with van der Waals surface area (Å²) in [6.07, 6.45) is 2.94. The molecular formula is C14H17NO2. The van der Waals surface area contributed by atoms with Gasteiger partial charge in [0.2, 0.25) is 0 Å². The molecule has 2 saturated heterocycles. The number of hydrogen-bond donors (Lipinski definition) is 0. The van der Waals surface area contributed by atoms with E-state index >= 15 is 0 Å². The number of benzene rings is 1. The highest BCUT2D eigenvalue weighted by Crippen LogP contribution is 2.36. The van der Waals surface area contributed by atoms with Gasteiger partial charge in [-0.2, -0.15) is 0 Å². The van der Waals surface area contributed by atoms with Gasteiger partial charge in [0.25, 0.3) is 0 Å². The molecule has 1 aromatic carbocycles. The molecule has 0 aromatic heterocycles. The summed E-state index contributed by atoms with van der Waals surface area (Å²) >= 11 is 0. The molecule has 3 aliphatic rings. The summed E-state index contributed by atoms with van der Waals surface area (Å²) in [5, 5.41) is 0. The molecule has 2 atom stereocenters. The van der Waals surface area contributed by atoms with Gasteiger partial charge < -0.3 is 9.64 Å². The molecule has 1 aliphatic carbocycles. The first-order chi connectivity index (χ1) is 8.28. The van der Waals surface area contributed by atoms with E-state index in [2.05, 4.69) is 17.0 Å². The number of carbonyl (C=O) groups excluding carboxylic acids is 1. The van der Waals surface area contributed by atoms with Crippen LogP contribution in [-0.2, 0) is 4.79 Å². The van der Waals surface area contributed by atoms with E-state index in [1.807, 2.05) is 12.1 Å². The first kappa shape index (κ1) is 10.6. The zero-order valence-corrected chi connectivity index (χ0v) is 10.1. The van der Waals surface area contributed by atoms with Crippen LogP contribution in [-0.4, -0.2) is 25.5 Å². The molecule has 1 aromatic rings. The second-order valence-corrected chi connectivity index (χ2v) is 4.95. The number of anilines is 1. The van der Waals surface area contributed by atoms with E-state index in [9.17, 15) is 4.79 Å². The Morgan fingerprint density at radius 2 is 2.24 bits per heavy atom. The van der Waals surface area contributed by atoms with Crippen molar-refractivity contribution in [2.45, 2.75) is 25.3 Å². The van der Waals surface area contributed by atoms with Crippen molar-refractivity contribution in [2.75, 3.05) is 18.6 Å². The second kappa shape index (κ2) is 4.06. The molecule has 90 valence electrons. The van der Waals surface area contributed by atoms with Crippen LogP contribution in [0.4, 0.5) is 5.69 Å². The molecule has 0 N–H and O–H groups in total. The van der Waals surface area contributed by atoms with E-state index < -0.39 is 0 Å². The van der Waals surface area contributed by atoms with E-state index in [0.717, 1.165) is 31.6 Å². The molecule has 2 aliphatic heterocycles. The Morgan fingerprint density at radius 3 is 2.88 bits per heavy atom. The second-order valence-electron chi connectivity index (χ2n) is 4.95. The Labute approximate surface area is 101 Å². The molecule has 2 bridgehead atoms. The number of ether oxygens (including phenoxy) is 1. The van der Waals surface area contributed by atoms with Gasteiger partial charge in [0, 0.05) is 36.7 Å². The van der Waals surface area contributed by atoms with Gasteiger partial charge in [-0.05, 0) is 25.0 Å². The van der Waals surface area contributed by atoms with Crippen LogP contribution in [0.5, 0.6) is 5.75 Å². The number of methoxy groups -OCH3 is 1. The van der Waals surface area contributed by atoms with Crippen molar-refractivity contribution in [1.82, 2.24) is 0 Å². The lowest BCUT2D eigenvalue weighted by molar-refractivity contribution is -0.126. The average molecular weight is 231 g/mol. The first-order valence-corrected chi connectivity index (χ1v) is 6.21. The van der Waals surface area contributed by atoms with Crippen molar-refractivity contribution < 1.29 is 9.53 Å². The summed E-state index contributed by atoms with van der Waals surface area (Å²) in [5.41, 5.74) is 1.19. The van der Waals surface area contributed by atoms with Crippen LogP contribution >= 0.6 is 0 Å². The van der Waals surface area contributed by atoms with Crippen LogP contribution in [0.25, 0.3) is 0 Å². The van der Waals surface area contributed by atoms with Crippen molar-refractivity contribution in [2.24, 2.45) is 5.92 Å². The molecule has 1 saturated carbocycles. The van der Waals surface area contributed by atoms with Crippen molar-refractivity contribution in [3.05, 3.63) is 24.3 Å². The Hall–Kier alpha value is -1.51. The van der Waals surface area contributed by atoms with Gasteiger partial charge in [-0.15, -0.1) is 0 Å². The van der Waals surface area contributed by atoms with Crippen molar-refractivity contribution >= 4 is 11.5 Å². The summed E-state index contributed by atoms with van der Waals surface area (Å²) < 4.78 is 5.25. The maximum Gasteiger partial charge on any atom is 0.139 e. The van der Waals surface area contributed by atoms with E-state index in [-0.39, 0.29) is 5.92 Å². The van der Waals surface area contributed by atoms with Gasteiger partial charge in [-0.25, -0.2) is 0 Å². The van der Waals surface area contributed by atoms with E-state index in [1.54, 1.807) is 7.11 Å². The molecule has 3 nitrogen and oxygen atoms in total. The highest BCUT2D eigenvalue weighted by molar-refractivity contribution is 5.85. The van der Waals surface area contributed by atoms with Crippen LogP contribution in [0.1, 0.15) is 19.3 Å². The maximum atomic E-state index is 11.7. The summed E-state index contributed by atoms with van der Waals surface area (Å²) in [6.45, 7) is 0.886. The normalized spacial score (nSPS) is 27.4. The van der Waals surface area contributed by atoms with Crippen LogP contribution in [0.3, 0.4) is 0 Å². The number of ketones is 1. The summed E-state index contributed by atoms with van der Waals surface area (Å²) in [5.74, 6) is 1.60. The number of rotatable bonds is 2. The molecule has 2 heterocycles. The van der Waals surface area contributed by atoms with Crippen LogP contribution in [0, 0.1) is 5.92 Å².